The van der Waals surface area contributed by atoms with Gasteiger partial charge in [-0.1, -0.05) is 25.6 Å². The summed E-state index contributed by atoms with van der Waals surface area (Å²) >= 11 is 1.15. The topological polar surface area (TPSA) is 80.9 Å². The van der Waals surface area contributed by atoms with Crippen molar-refractivity contribution in [2.75, 3.05) is 5.75 Å². The molecular formula is C13H16N4O2S. The Morgan fingerprint density at radius 2 is 2.15 bits per heavy atom. The number of rotatable bonds is 5. The van der Waals surface area contributed by atoms with Gasteiger partial charge in [-0.25, -0.2) is 0 Å². The molecule has 1 N–H and O–H groups in total. The summed E-state index contributed by atoms with van der Waals surface area (Å²) in [5.41, 5.74) is 1.77. The Kier molecular flexibility index (Phi) is 4.39. The van der Waals surface area contributed by atoms with E-state index < -0.39 is 5.97 Å². The van der Waals surface area contributed by atoms with E-state index in [1.807, 2.05) is 37.5 Å². The highest BCUT2D eigenvalue weighted by Crippen LogP contribution is 2.25. The van der Waals surface area contributed by atoms with Gasteiger partial charge in [0.2, 0.25) is 0 Å². The summed E-state index contributed by atoms with van der Waals surface area (Å²) in [5.74, 6) is 0.0550. The number of nitrogens with zero attached hydrogens (tertiary/aromatic N) is 4. The van der Waals surface area contributed by atoms with E-state index in [4.69, 9.17) is 5.11 Å². The van der Waals surface area contributed by atoms with Crippen LogP contribution >= 0.6 is 11.8 Å². The van der Waals surface area contributed by atoms with Crippen LogP contribution in [0.15, 0.2) is 23.5 Å². The number of hydrogen-bond acceptors (Lipinski definition) is 5. The van der Waals surface area contributed by atoms with Crippen molar-refractivity contribution >= 4 is 17.7 Å². The minimum Gasteiger partial charge on any atom is -0.481 e. The van der Waals surface area contributed by atoms with Gasteiger partial charge >= 0.3 is 5.97 Å². The largest absolute Gasteiger partial charge is 0.481 e. The van der Waals surface area contributed by atoms with Gasteiger partial charge in [-0.15, -0.1) is 10.2 Å². The van der Waals surface area contributed by atoms with E-state index in [9.17, 15) is 4.79 Å². The van der Waals surface area contributed by atoms with Crippen LogP contribution in [0.2, 0.25) is 0 Å². The molecule has 2 aromatic heterocycles. The van der Waals surface area contributed by atoms with E-state index >= 15 is 0 Å². The third-order valence-corrected chi connectivity index (χ3v) is 3.57. The highest BCUT2D eigenvalue weighted by atomic mass is 32.2. The third-order valence-electron chi connectivity index (χ3n) is 2.65. The fraction of sp³-hybridized carbons (Fsp3) is 0.385. The molecule has 0 atom stereocenters. The first-order chi connectivity index (χ1) is 9.49. The molecule has 6 nitrogen and oxygen atoms in total. The molecule has 7 heteroatoms. The lowest BCUT2D eigenvalue weighted by atomic mass is 10.2. The van der Waals surface area contributed by atoms with Crippen LogP contribution in [0.3, 0.4) is 0 Å². The van der Waals surface area contributed by atoms with Crippen LogP contribution in [0.1, 0.15) is 31.3 Å². The molecule has 0 spiro atoms. The number of aryl methyl sites for hydroxylation is 1. The predicted octanol–water partition coefficient (Wildman–Crippen LogP) is 2.27. The van der Waals surface area contributed by atoms with Crippen molar-refractivity contribution in [3.63, 3.8) is 0 Å². The average molecular weight is 292 g/mol. The quantitative estimate of drug-likeness (QED) is 0.851. The van der Waals surface area contributed by atoms with Crippen molar-refractivity contribution < 1.29 is 9.90 Å². The Morgan fingerprint density at radius 3 is 2.70 bits per heavy atom. The average Bonchev–Trinajstić information content (AvgIpc) is 2.81. The van der Waals surface area contributed by atoms with Crippen LogP contribution in [-0.2, 0) is 4.79 Å². The van der Waals surface area contributed by atoms with Gasteiger partial charge in [0.25, 0.3) is 0 Å². The number of carboxylic acid groups (broad SMARTS) is 1. The SMILES string of the molecule is Cc1ccc(-n2c(SCC(=O)O)nnc2C(C)C)cn1. The van der Waals surface area contributed by atoms with Gasteiger partial charge in [0.1, 0.15) is 5.82 Å². The van der Waals surface area contributed by atoms with Gasteiger partial charge in [0.15, 0.2) is 5.16 Å². The molecule has 2 rings (SSSR count). The van der Waals surface area contributed by atoms with E-state index in [1.165, 1.54) is 0 Å². The van der Waals surface area contributed by atoms with Crippen LogP contribution in [0.5, 0.6) is 0 Å². The number of aliphatic carboxylic acids is 1. The van der Waals surface area contributed by atoms with Crippen molar-refractivity contribution in [2.45, 2.75) is 31.8 Å². The molecule has 0 aliphatic rings. The maximum atomic E-state index is 10.7. The number of carboxylic acids is 1. The molecule has 0 fully saturated rings. The Hall–Kier alpha value is -1.89. The zero-order chi connectivity index (χ0) is 14.7. The maximum absolute atomic E-state index is 10.7. The number of pyridine rings is 1. The summed E-state index contributed by atoms with van der Waals surface area (Å²) in [4.78, 5) is 15.0. The Bertz CT molecular complexity index is 607. The molecule has 20 heavy (non-hydrogen) atoms. The second kappa shape index (κ2) is 6.04. The number of carbonyl (C=O) groups is 1. The summed E-state index contributed by atoms with van der Waals surface area (Å²) in [5, 5.41) is 17.6. The van der Waals surface area contributed by atoms with Crippen molar-refractivity contribution in [1.82, 2.24) is 19.7 Å². The summed E-state index contributed by atoms with van der Waals surface area (Å²) in [7, 11) is 0. The van der Waals surface area contributed by atoms with Crippen molar-refractivity contribution in [3.8, 4) is 5.69 Å². The molecule has 0 saturated carbocycles. The van der Waals surface area contributed by atoms with E-state index in [1.54, 1.807) is 6.20 Å². The first-order valence-corrected chi connectivity index (χ1v) is 7.20. The third kappa shape index (κ3) is 3.16. The second-order valence-electron chi connectivity index (χ2n) is 4.67. The molecule has 0 amide bonds. The molecule has 0 aromatic carbocycles. The lowest BCUT2D eigenvalue weighted by Crippen LogP contribution is -2.06. The smallest absolute Gasteiger partial charge is 0.313 e. The van der Waals surface area contributed by atoms with Gasteiger partial charge < -0.3 is 5.11 Å². The molecule has 2 heterocycles. The zero-order valence-electron chi connectivity index (χ0n) is 11.6. The number of hydrogen-bond donors (Lipinski definition) is 1. The van der Waals surface area contributed by atoms with Crippen LogP contribution in [-0.4, -0.2) is 36.6 Å². The van der Waals surface area contributed by atoms with Gasteiger partial charge in [0.05, 0.1) is 17.6 Å². The normalized spacial score (nSPS) is 11.0. The summed E-state index contributed by atoms with van der Waals surface area (Å²) in [6.07, 6.45) is 1.75. The fourth-order valence-electron chi connectivity index (χ4n) is 1.71. The standard InChI is InChI=1S/C13H16N4O2S/c1-8(2)12-15-16-13(20-7-11(18)19)17(12)10-5-4-9(3)14-6-10/h4-6,8H,7H2,1-3H3,(H,18,19). The van der Waals surface area contributed by atoms with Gasteiger partial charge in [-0.2, -0.15) is 0 Å². The van der Waals surface area contributed by atoms with Crippen molar-refractivity contribution in [2.24, 2.45) is 0 Å². The van der Waals surface area contributed by atoms with E-state index in [2.05, 4.69) is 15.2 Å². The van der Waals surface area contributed by atoms with Gasteiger partial charge in [-0.05, 0) is 19.1 Å². The lowest BCUT2D eigenvalue weighted by Gasteiger charge is -2.11. The molecule has 0 aliphatic heterocycles. The van der Waals surface area contributed by atoms with Crippen LogP contribution in [0.25, 0.3) is 5.69 Å². The molecule has 0 unspecified atom stereocenters. The molecule has 106 valence electrons. The molecule has 0 aliphatic carbocycles. The molecule has 0 saturated heterocycles. The van der Waals surface area contributed by atoms with Crippen LogP contribution in [0.4, 0.5) is 0 Å². The van der Waals surface area contributed by atoms with E-state index in [0.717, 1.165) is 29.0 Å². The summed E-state index contributed by atoms with van der Waals surface area (Å²) < 4.78 is 1.87. The van der Waals surface area contributed by atoms with Crippen LogP contribution < -0.4 is 0 Å². The van der Waals surface area contributed by atoms with Gasteiger partial charge in [-0.3, -0.25) is 14.3 Å². The zero-order valence-corrected chi connectivity index (χ0v) is 12.4. The maximum Gasteiger partial charge on any atom is 0.313 e. The molecule has 2 aromatic rings. The highest BCUT2D eigenvalue weighted by molar-refractivity contribution is 7.99. The van der Waals surface area contributed by atoms with E-state index in [0.29, 0.717) is 5.16 Å². The van der Waals surface area contributed by atoms with Gasteiger partial charge in [0, 0.05) is 11.6 Å². The first-order valence-electron chi connectivity index (χ1n) is 6.22. The Morgan fingerprint density at radius 1 is 1.40 bits per heavy atom. The molecule has 0 bridgehead atoms. The second-order valence-corrected chi connectivity index (χ2v) is 5.61. The minimum absolute atomic E-state index is 0.0461. The number of thioether (sulfide) groups is 1. The summed E-state index contributed by atoms with van der Waals surface area (Å²) in [6, 6.07) is 3.84. The molecule has 0 radical (unpaired) electrons. The molecular weight excluding hydrogens is 276 g/mol. The highest BCUT2D eigenvalue weighted by Gasteiger charge is 2.17. The minimum atomic E-state index is -0.877. The van der Waals surface area contributed by atoms with Crippen molar-refractivity contribution in [1.29, 1.82) is 0 Å². The van der Waals surface area contributed by atoms with Crippen molar-refractivity contribution in [3.05, 3.63) is 29.8 Å². The Balaban J connectivity index is 2.43. The Labute approximate surface area is 121 Å². The predicted molar refractivity (Wildman–Crippen MR) is 76.3 cm³/mol. The fourth-order valence-corrected chi connectivity index (χ4v) is 2.39. The van der Waals surface area contributed by atoms with Crippen LogP contribution in [0, 0.1) is 6.92 Å². The lowest BCUT2D eigenvalue weighted by molar-refractivity contribution is -0.133. The number of aromatic nitrogens is 4. The summed E-state index contributed by atoms with van der Waals surface area (Å²) in [6.45, 7) is 5.96. The monoisotopic (exact) mass is 292 g/mol. The first kappa shape index (κ1) is 14.5. The van der Waals surface area contributed by atoms with E-state index in [-0.39, 0.29) is 11.7 Å².